The fourth-order valence-corrected chi connectivity index (χ4v) is 2.87. The van der Waals surface area contributed by atoms with Crippen LogP contribution in [0.3, 0.4) is 0 Å². The minimum Gasteiger partial charge on any atom is -0.497 e. The average molecular weight is 540 g/mol. The molecule has 2 rings (SSSR count). The van der Waals surface area contributed by atoms with Crippen LogP contribution in [0, 0.1) is 0 Å². The summed E-state index contributed by atoms with van der Waals surface area (Å²) in [5, 5.41) is 3.38. The zero-order chi connectivity index (χ0) is 21.9. The normalized spacial score (nSPS) is 10.7. The van der Waals surface area contributed by atoms with E-state index in [0.717, 1.165) is 23.5 Å². The van der Waals surface area contributed by atoms with Gasteiger partial charge < -0.3 is 24.6 Å². The van der Waals surface area contributed by atoms with E-state index in [0.29, 0.717) is 19.0 Å². The maximum absolute atomic E-state index is 12.0. The van der Waals surface area contributed by atoms with Crippen LogP contribution in [0.2, 0.25) is 0 Å². The molecule has 0 unspecified atom stereocenters. The zero-order valence-corrected chi connectivity index (χ0v) is 21.3. The van der Waals surface area contributed by atoms with E-state index in [1.807, 2.05) is 48.3 Å². The number of methoxy groups -OCH3 is 2. The van der Waals surface area contributed by atoms with E-state index in [1.54, 1.807) is 28.3 Å². The first-order valence-electron chi connectivity index (χ1n) is 9.89. The van der Waals surface area contributed by atoms with Gasteiger partial charge in [-0.2, -0.15) is 0 Å². The molecule has 2 aromatic carbocycles. The van der Waals surface area contributed by atoms with Gasteiger partial charge in [0.1, 0.15) is 18.0 Å². The molecule has 8 heteroatoms. The number of guanidine groups is 1. The third-order valence-electron chi connectivity index (χ3n) is 4.67. The summed E-state index contributed by atoms with van der Waals surface area (Å²) in [4.78, 5) is 20.1. The van der Waals surface area contributed by atoms with Crippen molar-refractivity contribution in [3.63, 3.8) is 0 Å². The van der Waals surface area contributed by atoms with Crippen molar-refractivity contribution in [2.45, 2.75) is 13.0 Å². The maximum Gasteiger partial charge on any atom is 0.243 e. The Hall–Kier alpha value is -2.49. The number of carbonyl (C=O) groups is 1. The fourth-order valence-electron chi connectivity index (χ4n) is 2.87. The molecular weight excluding hydrogens is 507 g/mol. The number of hydrogen-bond acceptors (Lipinski definition) is 4. The molecule has 0 saturated heterocycles. The summed E-state index contributed by atoms with van der Waals surface area (Å²) < 4.78 is 10.8. The lowest BCUT2D eigenvalue weighted by molar-refractivity contribution is -0.127. The van der Waals surface area contributed by atoms with Gasteiger partial charge in [0.25, 0.3) is 0 Å². The van der Waals surface area contributed by atoms with Crippen LogP contribution < -0.4 is 14.8 Å². The van der Waals surface area contributed by atoms with E-state index < -0.39 is 0 Å². The van der Waals surface area contributed by atoms with Gasteiger partial charge in [0.15, 0.2) is 5.96 Å². The number of ether oxygens (including phenoxy) is 2. The van der Waals surface area contributed by atoms with E-state index >= 15 is 0 Å². The van der Waals surface area contributed by atoms with Gasteiger partial charge >= 0.3 is 0 Å². The highest BCUT2D eigenvalue weighted by molar-refractivity contribution is 14.0. The Labute approximate surface area is 202 Å². The van der Waals surface area contributed by atoms with Crippen molar-refractivity contribution in [3.8, 4) is 11.5 Å². The van der Waals surface area contributed by atoms with Crippen LogP contribution in [0.5, 0.6) is 11.5 Å². The largest absolute Gasteiger partial charge is 0.497 e. The second kappa shape index (κ2) is 13.7. The quantitative estimate of drug-likeness (QED) is 0.301. The topological polar surface area (TPSA) is 66.4 Å². The summed E-state index contributed by atoms with van der Waals surface area (Å²) in [6.07, 6.45) is 0.862. The number of nitrogens with zero attached hydrogens (tertiary/aromatic N) is 3. The van der Waals surface area contributed by atoms with Crippen LogP contribution in [0.25, 0.3) is 0 Å². The van der Waals surface area contributed by atoms with Crippen molar-refractivity contribution in [1.29, 1.82) is 0 Å². The molecule has 0 saturated carbocycles. The third-order valence-corrected chi connectivity index (χ3v) is 4.67. The van der Waals surface area contributed by atoms with Gasteiger partial charge in [-0.1, -0.05) is 30.3 Å². The monoisotopic (exact) mass is 540 g/mol. The van der Waals surface area contributed by atoms with Crippen LogP contribution in [0.4, 0.5) is 0 Å². The van der Waals surface area contributed by atoms with Gasteiger partial charge in [-0.3, -0.25) is 4.79 Å². The first-order chi connectivity index (χ1) is 14.4. The molecular formula is C23H33IN4O3. The first-order valence-corrected chi connectivity index (χ1v) is 9.89. The van der Waals surface area contributed by atoms with Crippen LogP contribution >= 0.6 is 24.0 Å². The van der Waals surface area contributed by atoms with Crippen LogP contribution in [0.15, 0.2) is 53.5 Å². The first kappa shape index (κ1) is 26.5. The van der Waals surface area contributed by atoms with Gasteiger partial charge in [0.05, 0.1) is 14.2 Å². The Balaban J connectivity index is 0.00000480. The smallest absolute Gasteiger partial charge is 0.243 e. The number of nitrogens with one attached hydrogen (secondary N) is 1. The van der Waals surface area contributed by atoms with E-state index in [-0.39, 0.29) is 36.4 Å². The van der Waals surface area contributed by atoms with Gasteiger partial charge in [-0.25, -0.2) is 4.99 Å². The van der Waals surface area contributed by atoms with E-state index in [1.165, 1.54) is 10.5 Å². The molecule has 2 aromatic rings. The lowest BCUT2D eigenvalue weighted by Crippen LogP contribution is -2.40. The van der Waals surface area contributed by atoms with Gasteiger partial charge in [0.2, 0.25) is 5.91 Å². The summed E-state index contributed by atoms with van der Waals surface area (Å²) in [5.74, 6) is 2.10. The molecule has 0 aliphatic carbocycles. The standard InChI is InChI=1S/C23H32N4O3.HI/c1-26(2)22(28)16-25-23(24-14-13-18-9-7-6-8-10-18)27(3)17-19-11-12-20(29-4)15-21(19)30-5;/h6-12,15H,13-14,16-17H2,1-5H3,(H,24,25);1H. The van der Waals surface area contributed by atoms with Gasteiger partial charge in [-0.05, 0) is 24.1 Å². The molecule has 0 aliphatic rings. The Kier molecular flexibility index (Phi) is 11.8. The number of benzene rings is 2. The molecule has 0 atom stereocenters. The SMILES string of the molecule is COc1ccc(CN(C)C(=NCC(=O)N(C)C)NCCc2ccccc2)c(OC)c1.I. The summed E-state index contributed by atoms with van der Waals surface area (Å²) in [7, 11) is 8.67. The molecule has 0 spiro atoms. The summed E-state index contributed by atoms with van der Waals surface area (Å²) in [6.45, 7) is 1.37. The van der Waals surface area contributed by atoms with Gasteiger partial charge in [-0.15, -0.1) is 24.0 Å². The molecule has 0 bridgehead atoms. The predicted octanol–water partition coefficient (Wildman–Crippen LogP) is 3.03. The molecule has 170 valence electrons. The highest BCUT2D eigenvalue weighted by Gasteiger charge is 2.13. The molecule has 31 heavy (non-hydrogen) atoms. The molecule has 0 fully saturated rings. The number of likely N-dealkylation sites (N-methyl/N-ethyl adjacent to an activating group) is 1. The highest BCUT2D eigenvalue weighted by Crippen LogP contribution is 2.25. The molecule has 0 aliphatic heterocycles. The maximum atomic E-state index is 12.0. The third kappa shape index (κ3) is 8.64. The van der Waals surface area contributed by atoms with Crippen molar-refractivity contribution in [2.75, 3.05) is 48.5 Å². The summed E-state index contributed by atoms with van der Waals surface area (Å²) in [5.41, 5.74) is 2.24. The van der Waals surface area contributed by atoms with E-state index in [4.69, 9.17) is 9.47 Å². The van der Waals surface area contributed by atoms with E-state index in [9.17, 15) is 4.79 Å². The molecule has 0 radical (unpaired) electrons. The van der Waals surface area contributed by atoms with Crippen molar-refractivity contribution in [3.05, 3.63) is 59.7 Å². The number of rotatable bonds is 9. The fraction of sp³-hybridized carbons (Fsp3) is 0.391. The second-order valence-corrected chi connectivity index (χ2v) is 7.12. The molecule has 0 heterocycles. The Morgan fingerprint density at radius 1 is 1.03 bits per heavy atom. The molecule has 1 N–H and O–H groups in total. The minimum absolute atomic E-state index is 0. The summed E-state index contributed by atoms with van der Waals surface area (Å²) in [6, 6.07) is 16.0. The lowest BCUT2D eigenvalue weighted by Gasteiger charge is -2.24. The average Bonchev–Trinajstić information content (AvgIpc) is 2.76. The highest BCUT2D eigenvalue weighted by atomic mass is 127. The second-order valence-electron chi connectivity index (χ2n) is 7.12. The Morgan fingerprint density at radius 3 is 2.35 bits per heavy atom. The Bertz CT molecular complexity index is 844. The number of amides is 1. The van der Waals surface area contributed by atoms with Crippen molar-refractivity contribution >= 4 is 35.8 Å². The minimum atomic E-state index is -0.0483. The van der Waals surface area contributed by atoms with Crippen LogP contribution in [0.1, 0.15) is 11.1 Å². The molecule has 0 aromatic heterocycles. The Morgan fingerprint density at radius 2 is 1.74 bits per heavy atom. The number of halogens is 1. The van der Waals surface area contributed by atoms with Crippen LogP contribution in [-0.4, -0.2) is 70.1 Å². The summed E-state index contributed by atoms with van der Waals surface area (Å²) >= 11 is 0. The van der Waals surface area contributed by atoms with Crippen LogP contribution in [-0.2, 0) is 17.8 Å². The van der Waals surface area contributed by atoms with Crippen molar-refractivity contribution < 1.29 is 14.3 Å². The van der Waals surface area contributed by atoms with E-state index in [2.05, 4.69) is 22.4 Å². The molecule has 1 amide bonds. The van der Waals surface area contributed by atoms with Gasteiger partial charge in [0, 0.05) is 45.9 Å². The lowest BCUT2D eigenvalue weighted by atomic mass is 10.1. The molecule has 7 nitrogen and oxygen atoms in total. The number of carbonyl (C=O) groups excluding carboxylic acids is 1. The van der Waals surface area contributed by atoms with Crippen molar-refractivity contribution in [1.82, 2.24) is 15.1 Å². The number of aliphatic imine (C=N–C) groups is 1. The predicted molar refractivity (Wildman–Crippen MR) is 136 cm³/mol. The zero-order valence-electron chi connectivity index (χ0n) is 18.9. The van der Waals surface area contributed by atoms with Crippen molar-refractivity contribution in [2.24, 2.45) is 4.99 Å². The number of hydrogen-bond donors (Lipinski definition) is 1.